The Bertz CT molecular complexity index is 669. The van der Waals surface area contributed by atoms with Crippen LogP contribution in [0.2, 0.25) is 0 Å². The SMILES string of the molecule is Cc1noc(C)c1CSc1nnc(Cc2cccs2)o1. The second-order valence-corrected chi connectivity index (χ2v) is 6.27. The quantitative estimate of drug-likeness (QED) is 0.671. The molecule has 20 heavy (non-hydrogen) atoms. The van der Waals surface area contributed by atoms with Gasteiger partial charge in [0.1, 0.15) is 5.76 Å². The molecule has 3 heterocycles. The molecule has 7 heteroatoms. The van der Waals surface area contributed by atoms with Crippen LogP contribution in [-0.4, -0.2) is 15.4 Å². The number of rotatable bonds is 5. The van der Waals surface area contributed by atoms with E-state index in [4.69, 9.17) is 8.94 Å². The van der Waals surface area contributed by atoms with Gasteiger partial charge in [-0.2, -0.15) is 0 Å². The third kappa shape index (κ3) is 2.94. The first-order chi connectivity index (χ1) is 9.72. The van der Waals surface area contributed by atoms with E-state index in [-0.39, 0.29) is 0 Å². The summed E-state index contributed by atoms with van der Waals surface area (Å²) >= 11 is 3.19. The Morgan fingerprint density at radius 2 is 2.20 bits per heavy atom. The molecule has 0 saturated carbocycles. The average Bonchev–Trinajstić information content (AvgIpc) is 3.14. The molecule has 104 valence electrons. The molecule has 0 fully saturated rings. The highest BCUT2D eigenvalue weighted by atomic mass is 32.2. The van der Waals surface area contributed by atoms with Crippen LogP contribution in [-0.2, 0) is 12.2 Å². The van der Waals surface area contributed by atoms with Crippen molar-refractivity contribution in [1.29, 1.82) is 0 Å². The largest absolute Gasteiger partial charge is 0.416 e. The predicted molar refractivity (Wildman–Crippen MR) is 77.0 cm³/mol. The fraction of sp³-hybridized carbons (Fsp3) is 0.308. The molecule has 0 aliphatic heterocycles. The van der Waals surface area contributed by atoms with Gasteiger partial charge in [-0.1, -0.05) is 23.0 Å². The van der Waals surface area contributed by atoms with Crippen molar-refractivity contribution in [3.63, 3.8) is 0 Å². The second kappa shape index (κ2) is 5.80. The standard InChI is InChI=1S/C13H13N3O2S2/c1-8-11(9(2)18-16-8)7-20-13-15-14-12(17-13)6-10-4-3-5-19-10/h3-5H,6-7H2,1-2H3. The summed E-state index contributed by atoms with van der Waals surface area (Å²) in [7, 11) is 0. The Kier molecular flexibility index (Phi) is 3.88. The molecule has 0 N–H and O–H groups in total. The minimum atomic E-state index is 0.580. The molecule has 0 aliphatic carbocycles. The highest BCUT2D eigenvalue weighted by molar-refractivity contribution is 7.98. The molecule has 0 saturated heterocycles. The summed E-state index contributed by atoms with van der Waals surface area (Å²) < 4.78 is 10.8. The topological polar surface area (TPSA) is 65.0 Å². The summed E-state index contributed by atoms with van der Waals surface area (Å²) in [6.45, 7) is 3.84. The number of aryl methyl sites for hydroxylation is 2. The van der Waals surface area contributed by atoms with Gasteiger partial charge in [-0.15, -0.1) is 21.5 Å². The van der Waals surface area contributed by atoms with Gasteiger partial charge in [-0.05, 0) is 25.3 Å². The van der Waals surface area contributed by atoms with Crippen LogP contribution in [0.1, 0.15) is 27.8 Å². The number of aromatic nitrogens is 3. The monoisotopic (exact) mass is 307 g/mol. The first kappa shape index (κ1) is 13.4. The van der Waals surface area contributed by atoms with Crippen LogP contribution in [0.25, 0.3) is 0 Å². The van der Waals surface area contributed by atoms with Crippen LogP contribution in [0.4, 0.5) is 0 Å². The molecular weight excluding hydrogens is 294 g/mol. The molecule has 0 atom stereocenters. The highest BCUT2D eigenvalue weighted by Gasteiger charge is 2.13. The molecular formula is C13H13N3O2S2. The Morgan fingerprint density at radius 1 is 1.30 bits per heavy atom. The molecule has 5 nitrogen and oxygen atoms in total. The van der Waals surface area contributed by atoms with Crippen molar-refractivity contribution in [1.82, 2.24) is 15.4 Å². The van der Waals surface area contributed by atoms with Crippen molar-refractivity contribution < 1.29 is 8.94 Å². The molecule has 3 aromatic rings. The molecule has 0 bridgehead atoms. The van der Waals surface area contributed by atoms with Crippen molar-refractivity contribution in [2.75, 3.05) is 0 Å². The van der Waals surface area contributed by atoms with Crippen LogP contribution < -0.4 is 0 Å². The van der Waals surface area contributed by atoms with Crippen molar-refractivity contribution in [2.45, 2.75) is 31.2 Å². The van der Waals surface area contributed by atoms with E-state index in [0.717, 1.165) is 22.8 Å². The first-order valence-electron chi connectivity index (χ1n) is 6.11. The zero-order valence-corrected chi connectivity index (χ0v) is 12.8. The molecule has 3 rings (SSSR count). The van der Waals surface area contributed by atoms with Crippen molar-refractivity contribution in [3.8, 4) is 0 Å². The van der Waals surface area contributed by atoms with Crippen molar-refractivity contribution in [3.05, 3.63) is 45.3 Å². The van der Waals surface area contributed by atoms with Crippen LogP contribution in [0.3, 0.4) is 0 Å². The lowest BCUT2D eigenvalue weighted by Crippen LogP contribution is -1.84. The number of thiophene rings is 1. The van der Waals surface area contributed by atoms with E-state index in [2.05, 4.69) is 21.4 Å². The summed E-state index contributed by atoms with van der Waals surface area (Å²) in [6, 6.07) is 4.08. The zero-order valence-electron chi connectivity index (χ0n) is 11.1. The third-order valence-electron chi connectivity index (χ3n) is 2.88. The van der Waals surface area contributed by atoms with E-state index in [1.54, 1.807) is 11.3 Å². The van der Waals surface area contributed by atoms with Crippen LogP contribution in [0, 0.1) is 13.8 Å². The smallest absolute Gasteiger partial charge is 0.276 e. The molecule has 3 aromatic heterocycles. The Labute approximate surface area is 124 Å². The van der Waals surface area contributed by atoms with Gasteiger partial charge in [0, 0.05) is 16.2 Å². The van der Waals surface area contributed by atoms with Gasteiger partial charge in [-0.25, -0.2) is 0 Å². The number of nitrogens with zero attached hydrogens (tertiary/aromatic N) is 3. The van der Waals surface area contributed by atoms with Gasteiger partial charge in [0.05, 0.1) is 12.1 Å². The van der Waals surface area contributed by atoms with Gasteiger partial charge in [-0.3, -0.25) is 0 Å². The maximum Gasteiger partial charge on any atom is 0.276 e. The second-order valence-electron chi connectivity index (χ2n) is 4.31. The minimum absolute atomic E-state index is 0.580. The fourth-order valence-electron chi connectivity index (χ4n) is 1.77. The maximum absolute atomic E-state index is 5.63. The predicted octanol–water partition coefficient (Wildman–Crippen LogP) is 3.62. The van der Waals surface area contributed by atoms with Gasteiger partial charge in [0.25, 0.3) is 5.22 Å². The maximum atomic E-state index is 5.63. The van der Waals surface area contributed by atoms with E-state index in [1.807, 2.05) is 25.3 Å². The molecule has 0 aromatic carbocycles. The molecule has 0 amide bonds. The van der Waals surface area contributed by atoms with E-state index >= 15 is 0 Å². The van der Waals surface area contributed by atoms with Crippen molar-refractivity contribution >= 4 is 23.1 Å². The van der Waals surface area contributed by atoms with Gasteiger partial charge in [0.2, 0.25) is 5.89 Å². The van der Waals surface area contributed by atoms with E-state index in [1.165, 1.54) is 16.6 Å². The summed E-state index contributed by atoms with van der Waals surface area (Å²) in [4.78, 5) is 1.22. The highest BCUT2D eigenvalue weighted by Crippen LogP contribution is 2.25. The number of hydrogen-bond donors (Lipinski definition) is 0. The van der Waals surface area contributed by atoms with Gasteiger partial charge >= 0.3 is 0 Å². The van der Waals surface area contributed by atoms with Crippen LogP contribution in [0.5, 0.6) is 0 Å². The summed E-state index contributed by atoms with van der Waals surface area (Å²) in [6.07, 6.45) is 0.691. The third-order valence-corrected chi connectivity index (χ3v) is 4.60. The molecule has 0 radical (unpaired) electrons. The van der Waals surface area contributed by atoms with Crippen molar-refractivity contribution in [2.24, 2.45) is 0 Å². The Morgan fingerprint density at radius 3 is 2.90 bits per heavy atom. The molecule has 0 unspecified atom stereocenters. The first-order valence-corrected chi connectivity index (χ1v) is 7.98. The normalized spacial score (nSPS) is 11.1. The van der Waals surface area contributed by atoms with Crippen LogP contribution >= 0.6 is 23.1 Å². The molecule has 0 spiro atoms. The zero-order chi connectivity index (χ0) is 13.9. The molecule has 0 aliphatic rings. The van der Waals surface area contributed by atoms with E-state index in [0.29, 0.717) is 17.5 Å². The summed E-state index contributed by atoms with van der Waals surface area (Å²) in [5.41, 5.74) is 2.00. The van der Waals surface area contributed by atoms with E-state index < -0.39 is 0 Å². The van der Waals surface area contributed by atoms with Crippen LogP contribution in [0.15, 0.2) is 31.7 Å². The van der Waals surface area contributed by atoms with Gasteiger partial charge < -0.3 is 8.94 Å². The Balaban J connectivity index is 1.63. The summed E-state index contributed by atoms with van der Waals surface area (Å²) in [5, 5.41) is 14.7. The number of hydrogen-bond acceptors (Lipinski definition) is 7. The van der Waals surface area contributed by atoms with E-state index in [9.17, 15) is 0 Å². The average molecular weight is 307 g/mol. The fourth-order valence-corrected chi connectivity index (χ4v) is 3.40. The summed E-state index contributed by atoms with van der Waals surface area (Å²) in [5.74, 6) is 2.21. The lowest BCUT2D eigenvalue weighted by molar-refractivity contribution is 0.392. The van der Waals surface area contributed by atoms with Gasteiger partial charge in [0.15, 0.2) is 0 Å². The Hall–Kier alpha value is -1.60. The minimum Gasteiger partial charge on any atom is -0.416 e. The lowest BCUT2D eigenvalue weighted by Gasteiger charge is -1.95. The number of thioether (sulfide) groups is 1. The lowest BCUT2D eigenvalue weighted by atomic mass is 10.2.